The van der Waals surface area contributed by atoms with Crippen molar-refractivity contribution < 1.29 is 14.4 Å². The van der Waals surface area contributed by atoms with E-state index in [0.717, 1.165) is 17.4 Å². The monoisotopic (exact) mass is 174 g/mol. The number of rotatable bonds is 5. The maximum atomic E-state index is 10.4. The van der Waals surface area contributed by atoms with Crippen LogP contribution >= 0.6 is 0 Å². The van der Waals surface area contributed by atoms with Crippen molar-refractivity contribution in [3.63, 3.8) is 0 Å². The minimum absolute atomic E-state index is 0.298. The minimum Gasteiger partial charge on any atom is -0.481 e. The van der Waals surface area contributed by atoms with Gasteiger partial charge in [-0.25, -0.2) is 0 Å². The molecule has 1 N–H and O–H groups in total. The fourth-order valence-electron chi connectivity index (χ4n) is 1.36. The lowest BCUT2D eigenvalue weighted by Gasteiger charge is -2.28. The van der Waals surface area contributed by atoms with Gasteiger partial charge in [-0.15, -0.1) is 0 Å². The predicted octanol–water partition coefficient (Wildman–Crippen LogP) is 1.19. The number of hydrogen-bond acceptors (Lipinski definition) is 1. The van der Waals surface area contributed by atoms with Gasteiger partial charge in [0.1, 0.15) is 0 Å². The van der Waals surface area contributed by atoms with Gasteiger partial charge in [0, 0.05) is 5.92 Å². The molecule has 3 heteroatoms. The zero-order valence-corrected chi connectivity index (χ0v) is 8.50. The van der Waals surface area contributed by atoms with Gasteiger partial charge >= 0.3 is 5.97 Å². The molecule has 0 bridgehead atoms. The summed E-state index contributed by atoms with van der Waals surface area (Å²) in [6.07, 6.45) is 1.24. The number of quaternary nitrogens is 1. The molecule has 0 spiro atoms. The van der Waals surface area contributed by atoms with Gasteiger partial charge in [0.2, 0.25) is 0 Å². The third kappa shape index (κ3) is 6.16. The molecular formula is C9H20NO2+. The highest BCUT2D eigenvalue weighted by atomic mass is 16.4. The zero-order chi connectivity index (χ0) is 9.78. The lowest BCUT2D eigenvalue weighted by atomic mass is 10.0. The number of hydrogen-bond donors (Lipinski definition) is 1. The fraction of sp³-hybridized carbons (Fsp3) is 0.889. The normalized spacial score (nSPS) is 14.3. The molecule has 0 aromatic rings. The standard InChI is InChI=1S/C9H19NO2/c1-5-8(6-9(11)12)7-10(2,3)4/h8H,5-7H2,1-4H3/p+1. The summed E-state index contributed by atoms with van der Waals surface area (Å²) in [6, 6.07) is 0. The molecule has 0 aliphatic carbocycles. The molecule has 0 aliphatic rings. The van der Waals surface area contributed by atoms with Crippen LogP contribution in [0.25, 0.3) is 0 Å². The molecule has 0 radical (unpaired) electrons. The van der Waals surface area contributed by atoms with Gasteiger partial charge in [-0.3, -0.25) is 4.79 Å². The highest BCUT2D eigenvalue weighted by molar-refractivity contribution is 5.66. The Morgan fingerprint density at radius 2 is 1.92 bits per heavy atom. The molecule has 3 nitrogen and oxygen atoms in total. The first kappa shape index (κ1) is 11.4. The maximum absolute atomic E-state index is 10.4. The highest BCUT2D eigenvalue weighted by Gasteiger charge is 2.18. The molecule has 0 amide bonds. The van der Waals surface area contributed by atoms with Crippen LogP contribution in [0.5, 0.6) is 0 Å². The van der Waals surface area contributed by atoms with Gasteiger partial charge in [0.15, 0.2) is 0 Å². The number of aliphatic carboxylic acids is 1. The SMILES string of the molecule is CCC(CC(=O)O)C[N+](C)(C)C. The van der Waals surface area contributed by atoms with Crippen molar-refractivity contribution in [1.82, 2.24) is 0 Å². The third-order valence-electron chi connectivity index (χ3n) is 1.85. The molecule has 0 aromatic carbocycles. The van der Waals surface area contributed by atoms with Crippen LogP contribution in [0.4, 0.5) is 0 Å². The van der Waals surface area contributed by atoms with Gasteiger partial charge in [-0.2, -0.15) is 0 Å². The number of carboxylic acids is 1. The summed E-state index contributed by atoms with van der Waals surface area (Å²) in [4.78, 5) is 10.4. The van der Waals surface area contributed by atoms with Gasteiger partial charge in [0.05, 0.1) is 34.1 Å². The van der Waals surface area contributed by atoms with E-state index in [1.165, 1.54) is 0 Å². The molecule has 0 heterocycles. The molecule has 0 aromatic heterocycles. The van der Waals surface area contributed by atoms with Gasteiger partial charge in [0.25, 0.3) is 0 Å². The Labute approximate surface area is 74.6 Å². The average molecular weight is 174 g/mol. The van der Waals surface area contributed by atoms with E-state index in [4.69, 9.17) is 5.11 Å². The van der Waals surface area contributed by atoms with Crippen LogP contribution in [-0.4, -0.2) is 43.2 Å². The second kappa shape index (κ2) is 4.45. The number of carbonyl (C=O) groups is 1. The van der Waals surface area contributed by atoms with Gasteiger partial charge < -0.3 is 9.59 Å². The summed E-state index contributed by atoms with van der Waals surface area (Å²) in [5.41, 5.74) is 0. The van der Waals surface area contributed by atoms with E-state index < -0.39 is 5.97 Å². The molecule has 0 aliphatic heterocycles. The highest BCUT2D eigenvalue weighted by Crippen LogP contribution is 2.11. The molecule has 1 unspecified atom stereocenters. The van der Waals surface area contributed by atoms with Crippen LogP contribution in [0, 0.1) is 5.92 Å². The Bertz CT molecular complexity index is 149. The van der Waals surface area contributed by atoms with Crippen molar-refractivity contribution in [3.8, 4) is 0 Å². The first-order chi connectivity index (χ1) is 5.35. The average Bonchev–Trinajstić information content (AvgIpc) is 1.82. The minimum atomic E-state index is -0.685. The zero-order valence-electron chi connectivity index (χ0n) is 8.50. The summed E-state index contributed by atoms with van der Waals surface area (Å²) >= 11 is 0. The Hall–Kier alpha value is -0.570. The first-order valence-electron chi connectivity index (χ1n) is 4.37. The van der Waals surface area contributed by atoms with E-state index in [9.17, 15) is 4.79 Å². The Balaban J connectivity index is 3.92. The van der Waals surface area contributed by atoms with E-state index in [1.807, 2.05) is 6.92 Å². The topological polar surface area (TPSA) is 37.3 Å². The molecule has 1 atom stereocenters. The summed E-state index contributed by atoms with van der Waals surface area (Å²) in [6.45, 7) is 2.98. The quantitative estimate of drug-likeness (QED) is 0.636. The predicted molar refractivity (Wildman–Crippen MR) is 48.9 cm³/mol. The molecule has 0 rings (SSSR count). The summed E-state index contributed by atoms with van der Waals surface area (Å²) < 4.78 is 0.839. The fourth-order valence-corrected chi connectivity index (χ4v) is 1.36. The van der Waals surface area contributed by atoms with Gasteiger partial charge in [-0.1, -0.05) is 6.92 Å². The second-order valence-corrected chi connectivity index (χ2v) is 4.35. The van der Waals surface area contributed by atoms with E-state index >= 15 is 0 Å². The van der Waals surface area contributed by atoms with Crippen molar-refractivity contribution in [3.05, 3.63) is 0 Å². The Morgan fingerprint density at radius 1 is 1.42 bits per heavy atom. The van der Waals surface area contributed by atoms with Gasteiger partial charge in [-0.05, 0) is 6.42 Å². The molecule has 12 heavy (non-hydrogen) atoms. The number of carboxylic acid groups (broad SMARTS) is 1. The first-order valence-corrected chi connectivity index (χ1v) is 4.37. The van der Waals surface area contributed by atoms with Crippen molar-refractivity contribution in [2.24, 2.45) is 5.92 Å². The van der Waals surface area contributed by atoms with Crippen LogP contribution in [-0.2, 0) is 4.79 Å². The molecular weight excluding hydrogens is 154 g/mol. The maximum Gasteiger partial charge on any atom is 0.303 e. The van der Waals surface area contributed by atoms with E-state index in [0.29, 0.717) is 12.3 Å². The third-order valence-corrected chi connectivity index (χ3v) is 1.85. The molecule has 72 valence electrons. The van der Waals surface area contributed by atoms with E-state index in [-0.39, 0.29) is 0 Å². The van der Waals surface area contributed by atoms with Crippen LogP contribution in [0.1, 0.15) is 19.8 Å². The second-order valence-electron chi connectivity index (χ2n) is 4.35. The largest absolute Gasteiger partial charge is 0.481 e. The van der Waals surface area contributed by atoms with E-state index in [1.54, 1.807) is 0 Å². The Kier molecular flexibility index (Phi) is 4.24. The lowest BCUT2D eigenvalue weighted by Crippen LogP contribution is -2.39. The molecule has 0 saturated heterocycles. The van der Waals surface area contributed by atoms with Crippen molar-refractivity contribution >= 4 is 5.97 Å². The van der Waals surface area contributed by atoms with Crippen LogP contribution in [0.3, 0.4) is 0 Å². The molecule has 0 saturated carbocycles. The summed E-state index contributed by atoms with van der Waals surface area (Å²) in [7, 11) is 6.26. The summed E-state index contributed by atoms with van der Waals surface area (Å²) in [5.74, 6) is -0.377. The lowest BCUT2D eigenvalue weighted by molar-refractivity contribution is -0.873. The summed E-state index contributed by atoms with van der Waals surface area (Å²) in [5, 5.41) is 8.60. The number of nitrogens with zero attached hydrogens (tertiary/aromatic N) is 1. The van der Waals surface area contributed by atoms with Crippen LogP contribution in [0.15, 0.2) is 0 Å². The smallest absolute Gasteiger partial charge is 0.303 e. The van der Waals surface area contributed by atoms with Crippen LogP contribution < -0.4 is 0 Å². The van der Waals surface area contributed by atoms with Crippen molar-refractivity contribution in [2.45, 2.75) is 19.8 Å². The molecule has 0 fully saturated rings. The van der Waals surface area contributed by atoms with E-state index in [2.05, 4.69) is 21.1 Å². The van der Waals surface area contributed by atoms with Crippen molar-refractivity contribution in [1.29, 1.82) is 0 Å². The Morgan fingerprint density at radius 3 is 2.17 bits per heavy atom. The van der Waals surface area contributed by atoms with Crippen LogP contribution in [0.2, 0.25) is 0 Å². The van der Waals surface area contributed by atoms with Crippen molar-refractivity contribution in [2.75, 3.05) is 27.7 Å².